The SMILES string of the molecule is CCOc1cc(CBr)cc(Br)c1OCc1cncs1. The molecular weight excluding hydrogens is 394 g/mol. The number of ether oxygens (including phenoxy) is 2. The van der Waals surface area contributed by atoms with E-state index in [1.54, 1.807) is 16.8 Å². The van der Waals surface area contributed by atoms with Crippen LogP contribution < -0.4 is 9.47 Å². The quantitative estimate of drug-likeness (QED) is 0.647. The Bertz CT molecular complexity index is 532. The van der Waals surface area contributed by atoms with E-state index in [1.807, 2.05) is 25.3 Å². The van der Waals surface area contributed by atoms with Crippen molar-refractivity contribution in [2.45, 2.75) is 18.9 Å². The van der Waals surface area contributed by atoms with Crippen LogP contribution in [0.5, 0.6) is 11.5 Å². The molecular formula is C13H13Br2NO2S. The first-order valence-electron chi connectivity index (χ1n) is 5.76. The van der Waals surface area contributed by atoms with E-state index in [9.17, 15) is 0 Å². The van der Waals surface area contributed by atoms with E-state index in [0.717, 1.165) is 31.7 Å². The Morgan fingerprint density at radius 2 is 2.16 bits per heavy atom. The molecule has 6 heteroatoms. The smallest absolute Gasteiger partial charge is 0.175 e. The van der Waals surface area contributed by atoms with Gasteiger partial charge in [0.1, 0.15) is 6.61 Å². The fourth-order valence-electron chi connectivity index (χ4n) is 1.56. The summed E-state index contributed by atoms with van der Waals surface area (Å²) in [4.78, 5) is 5.11. The number of hydrogen-bond acceptors (Lipinski definition) is 4. The van der Waals surface area contributed by atoms with Gasteiger partial charge >= 0.3 is 0 Å². The highest BCUT2D eigenvalue weighted by Crippen LogP contribution is 2.38. The topological polar surface area (TPSA) is 31.4 Å². The van der Waals surface area contributed by atoms with E-state index >= 15 is 0 Å². The molecule has 0 aliphatic carbocycles. The summed E-state index contributed by atoms with van der Waals surface area (Å²) in [6.45, 7) is 3.06. The first kappa shape index (κ1) is 14.8. The predicted molar refractivity (Wildman–Crippen MR) is 84.4 cm³/mol. The minimum Gasteiger partial charge on any atom is -0.490 e. The first-order valence-corrected chi connectivity index (χ1v) is 8.55. The third kappa shape index (κ3) is 3.94. The number of aromatic nitrogens is 1. The molecule has 0 amide bonds. The molecule has 0 aliphatic heterocycles. The molecule has 1 aromatic heterocycles. The lowest BCUT2D eigenvalue weighted by atomic mass is 10.2. The number of halogens is 2. The Balaban J connectivity index is 2.21. The Morgan fingerprint density at radius 3 is 2.79 bits per heavy atom. The van der Waals surface area contributed by atoms with Crippen molar-refractivity contribution in [3.05, 3.63) is 38.8 Å². The third-order valence-corrected chi connectivity index (χ3v) is 4.36. The molecule has 0 atom stereocenters. The van der Waals surface area contributed by atoms with Crippen molar-refractivity contribution in [3.63, 3.8) is 0 Å². The summed E-state index contributed by atoms with van der Waals surface area (Å²) < 4.78 is 12.4. The Kier molecular flexibility index (Phi) is 5.66. The van der Waals surface area contributed by atoms with Crippen molar-refractivity contribution in [1.82, 2.24) is 4.98 Å². The molecule has 3 nitrogen and oxygen atoms in total. The number of benzene rings is 1. The maximum Gasteiger partial charge on any atom is 0.175 e. The van der Waals surface area contributed by atoms with Crippen LogP contribution in [0.15, 0.2) is 28.3 Å². The van der Waals surface area contributed by atoms with Crippen LogP contribution in [0.4, 0.5) is 0 Å². The molecule has 0 saturated heterocycles. The molecule has 0 saturated carbocycles. The summed E-state index contributed by atoms with van der Waals surface area (Å²) >= 11 is 8.56. The average molecular weight is 407 g/mol. The van der Waals surface area contributed by atoms with Crippen molar-refractivity contribution in [2.24, 2.45) is 0 Å². The second-order valence-corrected chi connectivity index (χ2v) is 6.11. The van der Waals surface area contributed by atoms with Crippen LogP contribution in [-0.4, -0.2) is 11.6 Å². The first-order chi connectivity index (χ1) is 9.24. The zero-order chi connectivity index (χ0) is 13.7. The summed E-state index contributed by atoms with van der Waals surface area (Å²) in [5, 5.41) is 0.779. The minimum atomic E-state index is 0.497. The van der Waals surface area contributed by atoms with Crippen LogP contribution in [-0.2, 0) is 11.9 Å². The summed E-state index contributed by atoms with van der Waals surface area (Å²) in [5.74, 6) is 1.50. The predicted octanol–water partition coefficient (Wildman–Crippen LogP) is 4.78. The summed E-state index contributed by atoms with van der Waals surface area (Å²) in [6, 6.07) is 4.02. The molecule has 19 heavy (non-hydrogen) atoms. The number of thiazole rings is 1. The van der Waals surface area contributed by atoms with Gasteiger partial charge < -0.3 is 9.47 Å². The highest BCUT2D eigenvalue weighted by atomic mass is 79.9. The van der Waals surface area contributed by atoms with Gasteiger partial charge in [0.25, 0.3) is 0 Å². The molecule has 2 aromatic rings. The van der Waals surface area contributed by atoms with Gasteiger partial charge in [0.2, 0.25) is 0 Å². The number of nitrogens with zero attached hydrogens (tertiary/aromatic N) is 1. The molecule has 0 aliphatic rings. The van der Waals surface area contributed by atoms with Gasteiger partial charge in [-0.25, -0.2) is 0 Å². The summed E-state index contributed by atoms with van der Waals surface area (Å²) in [5.41, 5.74) is 2.94. The van der Waals surface area contributed by atoms with E-state index in [4.69, 9.17) is 9.47 Å². The van der Waals surface area contributed by atoms with Crippen molar-refractivity contribution >= 4 is 43.2 Å². The van der Waals surface area contributed by atoms with Gasteiger partial charge in [-0.15, -0.1) is 11.3 Å². The Morgan fingerprint density at radius 1 is 1.32 bits per heavy atom. The number of alkyl halides is 1. The largest absolute Gasteiger partial charge is 0.490 e. The molecule has 0 N–H and O–H groups in total. The molecule has 0 bridgehead atoms. The number of rotatable bonds is 6. The second-order valence-electron chi connectivity index (χ2n) is 3.73. The van der Waals surface area contributed by atoms with Gasteiger partial charge in [-0.3, -0.25) is 4.98 Å². The Labute approximate surface area is 133 Å². The normalized spacial score (nSPS) is 10.5. The van der Waals surface area contributed by atoms with Gasteiger partial charge in [-0.1, -0.05) is 15.9 Å². The molecule has 0 fully saturated rings. The average Bonchev–Trinajstić information content (AvgIpc) is 2.91. The highest BCUT2D eigenvalue weighted by molar-refractivity contribution is 9.10. The van der Waals surface area contributed by atoms with E-state index in [1.165, 1.54) is 0 Å². The lowest BCUT2D eigenvalue weighted by Gasteiger charge is -2.14. The van der Waals surface area contributed by atoms with Crippen molar-refractivity contribution in [3.8, 4) is 11.5 Å². The number of hydrogen-bond donors (Lipinski definition) is 0. The molecule has 0 unspecified atom stereocenters. The van der Waals surface area contributed by atoms with Gasteiger partial charge in [0.05, 0.1) is 21.5 Å². The van der Waals surface area contributed by atoms with E-state index in [2.05, 4.69) is 36.8 Å². The third-order valence-electron chi connectivity index (χ3n) is 2.37. The van der Waals surface area contributed by atoms with E-state index < -0.39 is 0 Å². The molecule has 102 valence electrons. The summed E-state index contributed by atoms with van der Waals surface area (Å²) in [6.07, 6.45) is 1.81. The van der Waals surface area contributed by atoms with Crippen LogP contribution >= 0.6 is 43.2 Å². The van der Waals surface area contributed by atoms with E-state index in [-0.39, 0.29) is 0 Å². The zero-order valence-electron chi connectivity index (χ0n) is 10.4. The zero-order valence-corrected chi connectivity index (χ0v) is 14.3. The van der Waals surface area contributed by atoms with Gasteiger partial charge in [-0.2, -0.15) is 0 Å². The highest BCUT2D eigenvalue weighted by Gasteiger charge is 2.12. The fraction of sp³-hybridized carbons (Fsp3) is 0.308. The van der Waals surface area contributed by atoms with Crippen LogP contribution in [0, 0.1) is 0 Å². The standard InChI is InChI=1S/C13H13Br2NO2S/c1-2-17-12-4-9(5-14)3-11(15)13(12)18-7-10-6-16-8-19-10/h3-4,6,8H,2,5,7H2,1H3. The van der Waals surface area contributed by atoms with E-state index in [0.29, 0.717) is 13.2 Å². The maximum absolute atomic E-state index is 5.85. The van der Waals surface area contributed by atoms with Crippen LogP contribution in [0.25, 0.3) is 0 Å². The van der Waals surface area contributed by atoms with Crippen LogP contribution in [0.1, 0.15) is 17.4 Å². The van der Waals surface area contributed by atoms with Gasteiger partial charge in [0.15, 0.2) is 11.5 Å². The maximum atomic E-state index is 5.85. The van der Waals surface area contributed by atoms with Crippen molar-refractivity contribution < 1.29 is 9.47 Å². The second kappa shape index (κ2) is 7.26. The van der Waals surface area contributed by atoms with Crippen molar-refractivity contribution in [2.75, 3.05) is 6.61 Å². The monoisotopic (exact) mass is 405 g/mol. The molecule has 0 radical (unpaired) electrons. The van der Waals surface area contributed by atoms with Crippen molar-refractivity contribution in [1.29, 1.82) is 0 Å². The lowest BCUT2D eigenvalue weighted by molar-refractivity contribution is 0.269. The molecule has 1 heterocycles. The van der Waals surface area contributed by atoms with Gasteiger partial charge in [-0.05, 0) is 40.5 Å². The molecule has 2 rings (SSSR count). The van der Waals surface area contributed by atoms with Crippen LogP contribution in [0.2, 0.25) is 0 Å². The Hall–Kier alpha value is -0.590. The summed E-state index contributed by atoms with van der Waals surface area (Å²) in [7, 11) is 0. The fourth-order valence-corrected chi connectivity index (χ4v) is 2.99. The molecule has 1 aromatic carbocycles. The molecule has 0 spiro atoms. The minimum absolute atomic E-state index is 0.497. The van der Waals surface area contributed by atoms with Gasteiger partial charge in [0, 0.05) is 11.5 Å². The lowest BCUT2D eigenvalue weighted by Crippen LogP contribution is -2.00. The van der Waals surface area contributed by atoms with Crippen LogP contribution in [0.3, 0.4) is 0 Å².